The van der Waals surface area contributed by atoms with E-state index in [0.29, 0.717) is 35.7 Å². The molecule has 5 aliphatic rings. The van der Waals surface area contributed by atoms with Crippen LogP contribution >= 0.6 is 0 Å². The van der Waals surface area contributed by atoms with Crippen LogP contribution in [-0.2, 0) is 4.79 Å². The number of aliphatic hydroxyl groups excluding tert-OH is 1. The summed E-state index contributed by atoms with van der Waals surface area (Å²) in [6, 6.07) is 0. The summed E-state index contributed by atoms with van der Waals surface area (Å²) in [4.78, 5) is 12.1. The van der Waals surface area contributed by atoms with E-state index in [1.165, 1.54) is 38.5 Å². The lowest BCUT2D eigenvalue weighted by Crippen LogP contribution is -2.62. The van der Waals surface area contributed by atoms with Crippen molar-refractivity contribution in [3.05, 3.63) is 0 Å². The minimum Gasteiger partial charge on any atom is -0.481 e. The Labute approximate surface area is 139 Å². The van der Waals surface area contributed by atoms with Crippen LogP contribution in [-0.4, -0.2) is 22.8 Å². The normalized spacial score (nSPS) is 55.1. The molecular weight excluding hydrogens is 288 g/mol. The Morgan fingerprint density at radius 2 is 1.83 bits per heavy atom. The van der Waals surface area contributed by atoms with Gasteiger partial charge < -0.3 is 10.2 Å². The standard InChI is InChI=1S/C20H32O3/c1-18-6-3-7-19(2,17(22)23)15(18)5-9-20-8-4-13(10-16(18)20)14(11-20)12-21/h13-16,21H,3-12H2,1-2H3,(H,22,23)/t13-,14+,15-,16-,18+,19+,20-/m0/s1. The molecule has 5 rings (SSSR count). The lowest BCUT2D eigenvalue weighted by Gasteiger charge is -2.68. The van der Waals surface area contributed by atoms with Gasteiger partial charge in [-0.15, -0.1) is 0 Å². The van der Waals surface area contributed by atoms with Crippen LogP contribution in [0.4, 0.5) is 0 Å². The molecule has 0 aromatic heterocycles. The summed E-state index contributed by atoms with van der Waals surface area (Å²) in [7, 11) is 0. The van der Waals surface area contributed by atoms with E-state index in [2.05, 4.69) is 6.92 Å². The first-order valence-electron chi connectivity index (χ1n) is 9.70. The molecule has 2 N–H and O–H groups in total. The van der Waals surface area contributed by atoms with Crippen molar-refractivity contribution < 1.29 is 15.0 Å². The molecular formula is C20H32O3. The second-order valence-corrected chi connectivity index (χ2v) is 9.77. The van der Waals surface area contributed by atoms with Crippen LogP contribution in [0.15, 0.2) is 0 Å². The molecule has 1 spiro atoms. The summed E-state index contributed by atoms with van der Waals surface area (Å²) >= 11 is 0. The summed E-state index contributed by atoms with van der Waals surface area (Å²) in [5, 5.41) is 19.7. The molecule has 5 fully saturated rings. The first kappa shape index (κ1) is 15.9. The molecule has 0 heterocycles. The Balaban J connectivity index is 1.71. The van der Waals surface area contributed by atoms with E-state index >= 15 is 0 Å². The number of carboxylic acids is 1. The van der Waals surface area contributed by atoms with E-state index in [0.717, 1.165) is 19.3 Å². The predicted octanol–water partition coefficient (Wildman–Crippen LogP) is 4.09. The lowest BCUT2D eigenvalue weighted by atomic mass is 9.36. The molecule has 2 bridgehead atoms. The van der Waals surface area contributed by atoms with Gasteiger partial charge in [0.15, 0.2) is 0 Å². The predicted molar refractivity (Wildman–Crippen MR) is 88.9 cm³/mol. The molecule has 23 heavy (non-hydrogen) atoms. The average Bonchev–Trinajstić information content (AvgIpc) is 2.54. The topological polar surface area (TPSA) is 57.5 Å². The minimum atomic E-state index is -0.571. The van der Waals surface area contributed by atoms with Gasteiger partial charge in [0.25, 0.3) is 0 Å². The van der Waals surface area contributed by atoms with Gasteiger partial charge in [0.2, 0.25) is 0 Å². The van der Waals surface area contributed by atoms with E-state index in [9.17, 15) is 15.0 Å². The molecule has 7 atom stereocenters. The van der Waals surface area contributed by atoms with E-state index in [1.54, 1.807) is 0 Å². The molecule has 3 heteroatoms. The molecule has 0 aliphatic heterocycles. The van der Waals surface area contributed by atoms with Gasteiger partial charge in [0.05, 0.1) is 5.41 Å². The third-order valence-corrected chi connectivity index (χ3v) is 9.05. The van der Waals surface area contributed by atoms with Crippen LogP contribution < -0.4 is 0 Å². The highest BCUT2D eigenvalue weighted by atomic mass is 16.4. The van der Waals surface area contributed by atoms with E-state index in [-0.39, 0.29) is 5.41 Å². The van der Waals surface area contributed by atoms with Crippen molar-refractivity contribution in [2.45, 2.75) is 71.6 Å². The van der Waals surface area contributed by atoms with Crippen molar-refractivity contribution in [3.63, 3.8) is 0 Å². The maximum absolute atomic E-state index is 12.1. The van der Waals surface area contributed by atoms with Gasteiger partial charge in [-0.05, 0) is 92.8 Å². The molecule has 5 saturated carbocycles. The monoisotopic (exact) mass is 320 g/mol. The first-order chi connectivity index (χ1) is 10.9. The maximum Gasteiger partial charge on any atom is 0.309 e. The second kappa shape index (κ2) is 4.97. The van der Waals surface area contributed by atoms with Crippen molar-refractivity contribution in [2.24, 2.45) is 39.9 Å². The van der Waals surface area contributed by atoms with Gasteiger partial charge in [-0.25, -0.2) is 0 Å². The van der Waals surface area contributed by atoms with Crippen LogP contribution in [0.2, 0.25) is 0 Å². The number of rotatable bonds is 2. The quantitative estimate of drug-likeness (QED) is 0.805. The molecule has 0 amide bonds. The number of hydrogen-bond acceptors (Lipinski definition) is 2. The molecule has 0 aromatic rings. The zero-order valence-corrected chi connectivity index (χ0v) is 14.7. The van der Waals surface area contributed by atoms with Crippen LogP contribution in [0.25, 0.3) is 0 Å². The molecule has 0 unspecified atom stereocenters. The van der Waals surface area contributed by atoms with Crippen molar-refractivity contribution in [3.8, 4) is 0 Å². The van der Waals surface area contributed by atoms with Gasteiger partial charge >= 0.3 is 5.97 Å². The number of carbonyl (C=O) groups is 1. The van der Waals surface area contributed by atoms with Crippen molar-refractivity contribution in [1.82, 2.24) is 0 Å². The molecule has 3 nitrogen and oxygen atoms in total. The lowest BCUT2D eigenvalue weighted by molar-refractivity contribution is -0.207. The van der Waals surface area contributed by atoms with Gasteiger partial charge in [-0.3, -0.25) is 4.79 Å². The minimum absolute atomic E-state index is 0.197. The van der Waals surface area contributed by atoms with E-state index in [4.69, 9.17) is 0 Å². The van der Waals surface area contributed by atoms with Gasteiger partial charge in [-0.2, -0.15) is 0 Å². The summed E-state index contributed by atoms with van der Waals surface area (Å²) in [6.07, 6.45) is 10.5. The number of hydrogen-bond donors (Lipinski definition) is 2. The highest BCUT2D eigenvalue weighted by Gasteiger charge is 2.65. The fraction of sp³-hybridized carbons (Fsp3) is 0.950. The third-order valence-electron chi connectivity index (χ3n) is 9.05. The summed E-state index contributed by atoms with van der Waals surface area (Å²) in [5.41, 5.74) is 0.0779. The Bertz CT molecular complexity index is 517. The van der Waals surface area contributed by atoms with Crippen LogP contribution in [0.5, 0.6) is 0 Å². The first-order valence-corrected chi connectivity index (χ1v) is 9.70. The van der Waals surface area contributed by atoms with Gasteiger partial charge in [-0.1, -0.05) is 13.3 Å². The largest absolute Gasteiger partial charge is 0.481 e. The Morgan fingerprint density at radius 1 is 1.09 bits per heavy atom. The third kappa shape index (κ3) is 1.95. The number of fused-ring (bicyclic) bond motifs is 3. The maximum atomic E-state index is 12.1. The van der Waals surface area contributed by atoms with Crippen molar-refractivity contribution in [2.75, 3.05) is 6.61 Å². The smallest absolute Gasteiger partial charge is 0.309 e. The molecule has 0 aromatic carbocycles. The van der Waals surface area contributed by atoms with Gasteiger partial charge in [0, 0.05) is 6.61 Å². The molecule has 0 saturated heterocycles. The van der Waals surface area contributed by atoms with E-state index < -0.39 is 11.4 Å². The molecule has 130 valence electrons. The summed E-state index contributed by atoms with van der Waals surface area (Å²) in [6.45, 7) is 4.80. The summed E-state index contributed by atoms with van der Waals surface area (Å²) in [5.74, 6) is 1.65. The SMILES string of the molecule is C[C@@]12CCC[C@@](C)(C(=O)O)[C@H]1CC[C@]13CC[C@@H](C[C@H]12)[C@@H](CO)C3. The summed E-state index contributed by atoms with van der Waals surface area (Å²) < 4.78 is 0. The fourth-order valence-electron chi connectivity index (χ4n) is 7.93. The number of carboxylic acid groups (broad SMARTS) is 1. The number of aliphatic hydroxyl groups is 1. The molecule has 0 radical (unpaired) electrons. The Hall–Kier alpha value is -0.570. The Kier molecular flexibility index (Phi) is 3.44. The van der Waals surface area contributed by atoms with E-state index in [1.807, 2.05) is 6.92 Å². The zero-order chi connectivity index (χ0) is 16.5. The highest BCUT2D eigenvalue weighted by molar-refractivity contribution is 5.75. The van der Waals surface area contributed by atoms with Crippen LogP contribution in [0.1, 0.15) is 71.6 Å². The Morgan fingerprint density at radius 3 is 2.52 bits per heavy atom. The van der Waals surface area contributed by atoms with Crippen molar-refractivity contribution >= 4 is 5.97 Å². The van der Waals surface area contributed by atoms with Crippen molar-refractivity contribution in [1.29, 1.82) is 0 Å². The zero-order valence-electron chi connectivity index (χ0n) is 14.7. The average molecular weight is 320 g/mol. The van der Waals surface area contributed by atoms with Crippen LogP contribution in [0.3, 0.4) is 0 Å². The number of aliphatic carboxylic acids is 1. The van der Waals surface area contributed by atoms with Crippen LogP contribution in [0, 0.1) is 39.9 Å². The molecule has 5 aliphatic carbocycles. The highest BCUT2D eigenvalue weighted by Crippen LogP contribution is 2.72. The second-order valence-electron chi connectivity index (χ2n) is 9.77. The van der Waals surface area contributed by atoms with Gasteiger partial charge in [0.1, 0.15) is 0 Å². The fourth-order valence-corrected chi connectivity index (χ4v) is 7.93.